The van der Waals surface area contributed by atoms with E-state index in [0.717, 1.165) is 0 Å². The van der Waals surface area contributed by atoms with E-state index in [2.05, 4.69) is 98.4 Å². The third-order valence-electron chi connectivity index (χ3n) is 10.9. The Morgan fingerprint density at radius 3 is 1.21 bits per heavy atom. The first-order valence-electron chi connectivity index (χ1n) is 21.9. The first kappa shape index (κ1) is 45.6. The molecule has 0 radical (unpaired) electrons. The molecule has 6 heterocycles. The molecule has 0 aromatic carbocycles. The zero-order valence-electron chi connectivity index (χ0n) is 35.0. The molecular weight excluding hydrogens is 893 g/mol. The number of hydrogen-bond donors (Lipinski definition) is 0. The van der Waals surface area contributed by atoms with Gasteiger partial charge in [0.1, 0.15) is 0 Å². The summed E-state index contributed by atoms with van der Waals surface area (Å²) in [4.78, 5) is 14.5. The van der Waals surface area contributed by atoms with E-state index < -0.39 is 0 Å². The highest BCUT2D eigenvalue weighted by molar-refractivity contribution is 9.11. The maximum Gasteiger partial charge on any atom is 0.0737 e. The van der Waals surface area contributed by atoms with Crippen LogP contribution >= 0.6 is 95.7 Å². The van der Waals surface area contributed by atoms with Crippen LogP contribution in [0, 0.1) is 0 Å². The molecule has 0 amide bonds. The van der Waals surface area contributed by atoms with Gasteiger partial charge in [0.2, 0.25) is 0 Å². The molecule has 0 aliphatic carbocycles. The minimum Gasteiger partial charge on any atom is -0.134 e. The fraction of sp³-hybridized carbons (Fsp3) is 0.510. The maximum absolute atomic E-state index is 3.94. The highest BCUT2D eigenvalue weighted by atomic mass is 79.9. The Kier molecular flexibility index (Phi) is 19.1. The van der Waals surface area contributed by atoms with Gasteiger partial charge in [0.05, 0.1) is 8.00 Å². The van der Waals surface area contributed by atoms with Crippen LogP contribution in [0.1, 0.15) is 153 Å². The van der Waals surface area contributed by atoms with Crippen molar-refractivity contribution in [2.45, 2.75) is 160 Å². The Hall–Kier alpha value is -0.970. The van der Waals surface area contributed by atoms with Crippen molar-refractivity contribution in [2.24, 2.45) is 0 Å². The van der Waals surface area contributed by atoms with Crippen molar-refractivity contribution in [3.8, 4) is 48.8 Å². The monoisotopic (exact) mass is 954 g/mol. The average molecular weight is 956 g/mol. The topological polar surface area (TPSA) is 0 Å². The van der Waals surface area contributed by atoms with Crippen molar-refractivity contribution >= 4 is 95.7 Å². The summed E-state index contributed by atoms with van der Waals surface area (Å²) in [6.07, 6.45) is 27.9. The van der Waals surface area contributed by atoms with E-state index in [1.54, 1.807) is 16.7 Å². The van der Waals surface area contributed by atoms with Gasteiger partial charge in [0.15, 0.2) is 0 Å². The van der Waals surface area contributed by atoms with Crippen molar-refractivity contribution in [1.29, 1.82) is 0 Å². The van der Waals surface area contributed by atoms with Gasteiger partial charge in [-0.2, -0.15) is 0 Å². The summed E-state index contributed by atoms with van der Waals surface area (Å²) in [7, 11) is 0. The highest BCUT2D eigenvalue weighted by Gasteiger charge is 2.20. The third kappa shape index (κ3) is 12.6. The molecule has 0 atom stereocenters. The molecule has 0 spiro atoms. The molecule has 0 saturated heterocycles. The van der Waals surface area contributed by atoms with Crippen LogP contribution in [0.25, 0.3) is 48.8 Å². The summed E-state index contributed by atoms with van der Waals surface area (Å²) >= 11 is 17.9. The number of thiophene rings is 6. The van der Waals surface area contributed by atoms with Crippen molar-refractivity contribution in [2.75, 3.05) is 6.26 Å². The van der Waals surface area contributed by atoms with Crippen LogP contribution in [0.4, 0.5) is 0 Å². The second kappa shape index (κ2) is 23.9. The minimum atomic E-state index is 1.17. The van der Waals surface area contributed by atoms with Gasteiger partial charge in [0, 0.05) is 48.8 Å². The molecule has 6 aromatic heterocycles. The Bertz CT molecular complexity index is 2080. The van der Waals surface area contributed by atoms with Crippen LogP contribution in [0.15, 0.2) is 56.5 Å². The summed E-state index contributed by atoms with van der Waals surface area (Å²) < 4.78 is 2.84. The first-order chi connectivity index (χ1) is 28.0. The highest BCUT2D eigenvalue weighted by Crippen LogP contribution is 2.50. The Morgan fingerprint density at radius 1 is 0.386 bits per heavy atom. The van der Waals surface area contributed by atoms with Crippen LogP contribution in [0.2, 0.25) is 0 Å². The van der Waals surface area contributed by atoms with Gasteiger partial charge in [-0.25, -0.2) is 0 Å². The molecule has 308 valence electrons. The largest absolute Gasteiger partial charge is 0.134 e. The van der Waals surface area contributed by atoms with Gasteiger partial charge in [-0.3, -0.25) is 0 Å². The molecule has 6 aromatic rings. The summed E-state index contributed by atoms with van der Waals surface area (Å²) in [5, 5.41) is 0. The van der Waals surface area contributed by atoms with Crippen molar-refractivity contribution in [1.82, 2.24) is 0 Å². The SMILES string of the molecule is CCCCCCc1cc(-c2cc(CCCCCC)c(-c3ccc(-c4ccc(-c5sc(-c6cc(CCCCCC)c(SC)s6)cc5CCCCCC)s4)s3)s2)sc1Br. The lowest BCUT2D eigenvalue weighted by atomic mass is 10.1. The summed E-state index contributed by atoms with van der Waals surface area (Å²) in [5.74, 6) is 0. The van der Waals surface area contributed by atoms with Gasteiger partial charge in [-0.15, -0.1) is 79.8 Å². The number of unbranched alkanes of at least 4 members (excludes halogenated alkanes) is 12. The number of aryl methyl sites for hydroxylation is 4. The molecule has 0 aliphatic heterocycles. The Morgan fingerprint density at radius 2 is 0.754 bits per heavy atom. The molecule has 8 heteroatoms. The zero-order chi connectivity index (χ0) is 40.0. The molecule has 0 bridgehead atoms. The summed E-state index contributed by atoms with van der Waals surface area (Å²) in [5.41, 5.74) is 6.15. The van der Waals surface area contributed by atoms with Crippen LogP contribution in [0.5, 0.6) is 0 Å². The van der Waals surface area contributed by atoms with Crippen LogP contribution < -0.4 is 0 Å². The van der Waals surface area contributed by atoms with Crippen LogP contribution in [0.3, 0.4) is 0 Å². The second-order valence-corrected chi connectivity index (χ2v) is 24.3. The van der Waals surface area contributed by atoms with Gasteiger partial charge < -0.3 is 0 Å². The zero-order valence-corrected chi connectivity index (χ0v) is 42.3. The predicted octanol–water partition coefficient (Wildman–Crippen LogP) is 20.4. The van der Waals surface area contributed by atoms with Crippen molar-refractivity contribution in [3.63, 3.8) is 0 Å². The van der Waals surface area contributed by atoms with E-state index in [9.17, 15) is 0 Å². The van der Waals surface area contributed by atoms with E-state index >= 15 is 0 Å². The van der Waals surface area contributed by atoms with E-state index in [1.807, 2.05) is 79.8 Å². The third-order valence-corrected chi connectivity index (χ3v) is 20.7. The van der Waals surface area contributed by atoms with E-state index in [0.29, 0.717) is 0 Å². The van der Waals surface area contributed by atoms with Crippen molar-refractivity contribution in [3.05, 3.63) is 74.6 Å². The van der Waals surface area contributed by atoms with Crippen LogP contribution in [-0.2, 0) is 25.7 Å². The lowest BCUT2D eigenvalue weighted by Gasteiger charge is -2.02. The molecule has 0 unspecified atom stereocenters. The van der Waals surface area contributed by atoms with Gasteiger partial charge in [-0.05, 0) is 144 Å². The Labute approximate surface area is 382 Å². The number of halogens is 1. The average Bonchev–Trinajstić information content (AvgIpc) is 4.07. The van der Waals surface area contributed by atoms with Crippen molar-refractivity contribution < 1.29 is 0 Å². The minimum absolute atomic E-state index is 1.17. The molecule has 0 nitrogen and oxygen atoms in total. The molecule has 6 rings (SSSR count). The standard InChI is InChI=1S/C49H63BrS7/c1-6-10-14-18-22-34-30-42(44-32-36(48(50)56-44)24-20-16-12-8-3)54-46(34)40-28-26-38(52-40)39-27-29-41(53-39)47-35(23-19-15-11-7-2)31-43(55-47)45-33-37(49(51-5)57-45)25-21-17-13-9-4/h26-33H,6-25H2,1-5H3. The lowest BCUT2D eigenvalue weighted by molar-refractivity contribution is 0.665. The lowest BCUT2D eigenvalue weighted by Crippen LogP contribution is -1.85. The smallest absolute Gasteiger partial charge is 0.0737 e. The fourth-order valence-electron chi connectivity index (χ4n) is 7.62. The van der Waals surface area contributed by atoms with Gasteiger partial charge in [0.25, 0.3) is 0 Å². The molecule has 0 fully saturated rings. The van der Waals surface area contributed by atoms with Gasteiger partial charge in [-0.1, -0.05) is 105 Å². The summed E-state index contributed by atoms with van der Waals surface area (Å²) in [6, 6.07) is 19.7. The summed E-state index contributed by atoms with van der Waals surface area (Å²) in [6.45, 7) is 9.23. The molecule has 0 saturated carbocycles. The molecule has 0 N–H and O–H groups in total. The van der Waals surface area contributed by atoms with E-state index in [-0.39, 0.29) is 0 Å². The second-order valence-electron chi connectivity index (χ2n) is 15.5. The molecule has 57 heavy (non-hydrogen) atoms. The maximum atomic E-state index is 3.94. The quantitative estimate of drug-likeness (QED) is 0.0386. The number of rotatable bonds is 26. The molecule has 0 aliphatic rings. The molecular formula is C49H63BrS7. The first-order valence-corrected chi connectivity index (χ1v) is 28.8. The normalized spacial score (nSPS) is 11.8. The number of hydrogen-bond acceptors (Lipinski definition) is 7. The fourth-order valence-corrected chi connectivity index (χ4v) is 16.3. The predicted molar refractivity (Wildman–Crippen MR) is 272 cm³/mol. The van der Waals surface area contributed by atoms with Gasteiger partial charge >= 0.3 is 0 Å². The van der Waals surface area contributed by atoms with E-state index in [4.69, 9.17) is 0 Å². The Balaban J connectivity index is 1.25. The van der Waals surface area contributed by atoms with E-state index in [1.165, 1.54) is 191 Å². The van der Waals surface area contributed by atoms with Crippen LogP contribution in [-0.4, -0.2) is 6.26 Å². The number of thioether (sulfide) groups is 1.